The fraction of sp³-hybridized carbons (Fsp3) is 0.0789. The lowest BCUT2D eigenvalue weighted by molar-refractivity contribution is 0.633. The summed E-state index contributed by atoms with van der Waals surface area (Å²) in [4.78, 5) is 0. The van der Waals surface area contributed by atoms with E-state index in [4.69, 9.17) is 0 Å². The maximum Gasteiger partial charge on any atom is 0.0159 e. The van der Waals surface area contributed by atoms with Crippen molar-refractivity contribution in [2.75, 3.05) is 0 Å². The third-order valence-corrected chi connectivity index (χ3v) is 18.0. The number of hydrogen-bond acceptors (Lipinski definition) is 0. The van der Waals surface area contributed by atoms with E-state index in [-0.39, 0.29) is 10.8 Å². The second kappa shape index (κ2) is 15.7. The van der Waals surface area contributed by atoms with Crippen LogP contribution < -0.4 is 0 Å². The summed E-state index contributed by atoms with van der Waals surface area (Å²) in [5, 5.41) is 18.1. The highest BCUT2D eigenvalue weighted by Gasteiger charge is 2.40. The van der Waals surface area contributed by atoms with Gasteiger partial charge in [-0.05, 0) is 177 Å². The molecular formula is C76H52. The number of hydrogen-bond donors (Lipinski definition) is 0. The van der Waals surface area contributed by atoms with Gasteiger partial charge >= 0.3 is 0 Å². The Morgan fingerprint density at radius 1 is 0.211 bits per heavy atom. The summed E-state index contributed by atoms with van der Waals surface area (Å²) in [6.07, 6.45) is 0. The van der Waals surface area contributed by atoms with E-state index in [1.54, 1.807) is 0 Å². The molecule has 0 amide bonds. The van der Waals surface area contributed by atoms with Crippen LogP contribution in [-0.2, 0) is 10.8 Å². The van der Waals surface area contributed by atoms with Gasteiger partial charge in [-0.1, -0.05) is 258 Å². The highest BCUT2D eigenvalue weighted by molar-refractivity contribution is 6.26. The van der Waals surface area contributed by atoms with Crippen LogP contribution >= 0.6 is 0 Å². The molecule has 0 nitrogen and oxygen atoms in total. The van der Waals surface area contributed by atoms with Gasteiger partial charge in [0.25, 0.3) is 0 Å². The van der Waals surface area contributed by atoms with Crippen LogP contribution in [0, 0.1) is 0 Å². The fourth-order valence-electron chi connectivity index (χ4n) is 14.5. The van der Waals surface area contributed by atoms with Crippen molar-refractivity contribution < 1.29 is 0 Å². The molecule has 0 aromatic heterocycles. The Labute approximate surface area is 443 Å². The molecule has 16 rings (SSSR count). The lowest BCUT2D eigenvalue weighted by Crippen LogP contribution is -2.28. The Bertz CT molecular complexity index is 4430. The van der Waals surface area contributed by atoms with E-state index in [0.717, 1.165) is 0 Å². The molecule has 0 heteroatoms. The topological polar surface area (TPSA) is 0 Å². The van der Waals surface area contributed by atoms with Crippen LogP contribution in [0.4, 0.5) is 0 Å². The van der Waals surface area contributed by atoms with Crippen LogP contribution in [0.5, 0.6) is 0 Å². The van der Waals surface area contributed by atoms with E-state index in [2.05, 4.69) is 270 Å². The molecule has 0 bridgehead atoms. The van der Waals surface area contributed by atoms with Crippen molar-refractivity contribution in [3.8, 4) is 66.8 Å². The molecule has 0 fully saturated rings. The molecule has 0 spiro atoms. The molecule has 0 atom stereocenters. The summed E-state index contributed by atoms with van der Waals surface area (Å²) in [5.41, 5.74) is 20.6. The van der Waals surface area contributed by atoms with E-state index in [9.17, 15) is 0 Å². The molecular weight excluding hydrogens is 913 g/mol. The fourth-order valence-corrected chi connectivity index (χ4v) is 14.5. The zero-order valence-corrected chi connectivity index (χ0v) is 43.1. The Kier molecular flexibility index (Phi) is 8.96. The number of rotatable bonds is 4. The van der Waals surface area contributed by atoms with Crippen molar-refractivity contribution in [3.05, 3.63) is 265 Å². The Morgan fingerprint density at radius 2 is 0.500 bits per heavy atom. The summed E-state index contributed by atoms with van der Waals surface area (Å²) in [7, 11) is 0. The molecule has 356 valence electrons. The van der Waals surface area contributed by atoms with E-state index in [1.165, 1.54) is 164 Å². The van der Waals surface area contributed by atoms with Gasteiger partial charge in [-0.3, -0.25) is 0 Å². The summed E-state index contributed by atoms with van der Waals surface area (Å²) in [6, 6.07) is 92.0. The quantitative estimate of drug-likeness (QED) is 0.154. The van der Waals surface area contributed by atoms with Crippen LogP contribution in [0.1, 0.15) is 49.9 Å². The van der Waals surface area contributed by atoms with Crippen LogP contribution in [-0.4, -0.2) is 0 Å². The zero-order chi connectivity index (χ0) is 50.6. The minimum Gasteiger partial charge on any atom is -0.0616 e. The predicted octanol–water partition coefficient (Wildman–Crippen LogP) is 21.0. The lowest BCUT2D eigenvalue weighted by Gasteiger charge is -2.41. The molecule has 2 aliphatic rings. The monoisotopic (exact) mass is 964 g/mol. The van der Waals surface area contributed by atoms with E-state index < -0.39 is 0 Å². The van der Waals surface area contributed by atoms with Crippen LogP contribution in [0.2, 0.25) is 0 Å². The maximum absolute atomic E-state index is 2.53. The SMILES string of the molecule is CC1(C)c2cc(-c3c4ccccc4c(-c4cccc5ccccc45)c4ccccc34)ccc2-c2ccc3c4c(ccc1c24)C(C)(C)c1cc(-c2c4ccccc4c(-c4cccc5ccccc45)c4ccccc24)ccc1-3. The number of fused-ring (bicyclic) bond motifs is 10. The van der Waals surface area contributed by atoms with Gasteiger partial charge in [0.1, 0.15) is 0 Å². The van der Waals surface area contributed by atoms with Crippen molar-refractivity contribution in [2.24, 2.45) is 0 Å². The molecule has 0 N–H and O–H groups in total. The molecule has 0 heterocycles. The van der Waals surface area contributed by atoms with E-state index in [0.29, 0.717) is 0 Å². The van der Waals surface area contributed by atoms with Gasteiger partial charge in [0.05, 0.1) is 0 Å². The van der Waals surface area contributed by atoms with Gasteiger partial charge in [-0.25, -0.2) is 0 Å². The molecule has 0 saturated heterocycles. The first-order chi connectivity index (χ1) is 37.3. The predicted molar refractivity (Wildman–Crippen MR) is 326 cm³/mol. The molecule has 0 radical (unpaired) electrons. The highest BCUT2D eigenvalue weighted by Crippen LogP contribution is 2.58. The average Bonchev–Trinajstić information content (AvgIpc) is 3.66. The average molecular weight is 965 g/mol. The van der Waals surface area contributed by atoms with Gasteiger partial charge in [0.15, 0.2) is 0 Å². The highest BCUT2D eigenvalue weighted by atomic mass is 14.4. The van der Waals surface area contributed by atoms with Crippen molar-refractivity contribution in [1.82, 2.24) is 0 Å². The van der Waals surface area contributed by atoms with Gasteiger partial charge in [-0.15, -0.1) is 0 Å². The van der Waals surface area contributed by atoms with Gasteiger partial charge in [0, 0.05) is 10.8 Å². The molecule has 14 aromatic carbocycles. The van der Waals surface area contributed by atoms with Crippen molar-refractivity contribution >= 4 is 75.4 Å². The van der Waals surface area contributed by atoms with Gasteiger partial charge in [0.2, 0.25) is 0 Å². The molecule has 0 aliphatic heterocycles. The second-order valence-corrected chi connectivity index (χ2v) is 22.6. The Hall–Kier alpha value is -9.10. The van der Waals surface area contributed by atoms with Crippen LogP contribution in [0.3, 0.4) is 0 Å². The van der Waals surface area contributed by atoms with Gasteiger partial charge in [-0.2, -0.15) is 0 Å². The van der Waals surface area contributed by atoms with E-state index in [1.807, 2.05) is 0 Å². The smallest absolute Gasteiger partial charge is 0.0159 e. The third kappa shape index (κ3) is 5.85. The van der Waals surface area contributed by atoms with Crippen LogP contribution in [0.25, 0.3) is 142 Å². The molecule has 0 saturated carbocycles. The summed E-state index contributed by atoms with van der Waals surface area (Å²) >= 11 is 0. The van der Waals surface area contributed by atoms with E-state index >= 15 is 0 Å². The molecule has 14 aromatic rings. The van der Waals surface area contributed by atoms with Crippen molar-refractivity contribution in [3.63, 3.8) is 0 Å². The molecule has 0 unspecified atom stereocenters. The third-order valence-electron chi connectivity index (χ3n) is 18.0. The summed E-state index contributed by atoms with van der Waals surface area (Å²) < 4.78 is 0. The number of benzene rings is 14. The van der Waals surface area contributed by atoms with Crippen LogP contribution in [0.15, 0.2) is 243 Å². The normalized spacial score (nSPS) is 14.0. The first-order valence-electron chi connectivity index (χ1n) is 27.0. The first-order valence-corrected chi connectivity index (χ1v) is 27.0. The Morgan fingerprint density at radius 3 is 0.855 bits per heavy atom. The summed E-state index contributed by atoms with van der Waals surface area (Å²) in [5.74, 6) is 0. The second-order valence-electron chi connectivity index (χ2n) is 22.6. The van der Waals surface area contributed by atoms with Crippen molar-refractivity contribution in [1.29, 1.82) is 0 Å². The summed E-state index contributed by atoms with van der Waals surface area (Å²) in [6.45, 7) is 9.82. The standard InChI is InChI=1S/C76H52/c1-75(2)65-41-42-66-74-64(52-38-36-48(44-68(52)76(66,3)4)70-57-27-11-15-31-61(57)72(62-32-16-12-28-58(62)70)54-34-18-22-46-20-6-8-24-50(46)54)40-39-63(73(65)74)51-37-35-47(43-67(51)75)69-55-25-9-13-29-59(55)71(60-30-14-10-26-56(60)69)53-33-17-21-45-19-5-7-23-49(45)53/h5-44H,1-4H3. The largest absolute Gasteiger partial charge is 0.0616 e. The lowest BCUT2D eigenvalue weighted by atomic mass is 9.62. The maximum atomic E-state index is 2.53. The molecule has 76 heavy (non-hydrogen) atoms. The minimum absolute atomic E-state index is 0.265. The molecule has 2 aliphatic carbocycles. The first kappa shape index (κ1) is 43.3. The van der Waals surface area contributed by atoms with Crippen molar-refractivity contribution in [2.45, 2.75) is 38.5 Å². The Balaban J connectivity index is 0.867. The zero-order valence-electron chi connectivity index (χ0n) is 43.1. The minimum atomic E-state index is -0.265. The van der Waals surface area contributed by atoms with Gasteiger partial charge < -0.3 is 0 Å².